The van der Waals surface area contributed by atoms with Gasteiger partial charge in [-0.1, -0.05) is 18.2 Å². The molecule has 0 aliphatic carbocycles. The number of aliphatic hydroxyl groups is 2. The zero-order chi connectivity index (χ0) is 23.0. The number of aliphatic hydroxyl groups excluding tert-OH is 2. The Hall–Kier alpha value is -3.21. The van der Waals surface area contributed by atoms with E-state index < -0.39 is 25.2 Å². The minimum Gasteiger partial charge on any atom is -0.496 e. The van der Waals surface area contributed by atoms with Crippen LogP contribution in [0.25, 0.3) is 12.2 Å². The van der Waals surface area contributed by atoms with Gasteiger partial charge in [0.15, 0.2) is 0 Å². The molecule has 0 radical (unpaired) electrons. The Balaban J connectivity index is 2.37. The fourth-order valence-corrected chi connectivity index (χ4v) is 2.70. The highest BCUT2D eigenvalue weighted by atomic mass is 19.3. The molecule has 1 amide bonds. The van der Waals surface area contributed by atoms with Crippen molar-refractivity contribution >= 4 is 23.7 Å². The average molecular weight is 438 g/mol. The fourth-order valence-electron chi connectivity index (χ4n) is 2.70. The van der Waals surface area contributed by atoms with E-state index in [9.17, 15) is 18.7 Å². The molecular formula is C21H24F2N2O6. The predicted octanol–water partition coefficient (Wildman–Crippen LogP) is 2.23. The van der Waals surface area contributed by atoms with Crippen LogP contribution in [-0.2, 0) is 11.4 Å². The monoisotopic (exact) mass is 438 g/mol. The Morgan fingerprint density at radius 1 is 1.06 bits per heavy atom. The first-order valence-electron chi connectivity index (χ1n) is 9.12. The minimum atomic E-state index is -3.09. The zero-order valence-corrected chi connectivity index (χ0v) is 17.0. The van der Waals surface area contributed by atoms with Gasteiger partial charge in [-0.05, 0) is 35.4 Å². The van der Waals surface area contributed by atoms with E-state index in [0.29, 0.717) is 28.2 Å². The maximum Gasteiger partial charge on any atom is 0.387 e. The van der Waals surface area contributed by atoms with E-state index in [1.54, 1.807) is 24.3 Å². The molecule has 168 valence electrons. The first kappa shape index (κ1) is 24.1. The number of alkyl halides is 2. The Labute approximate surface area is 177 Å². The van der Waals surface area contributed by atoms with Gasteiger partial charge in [0.05, 0.1) is 38.7 Å². The molecule has 1 atom stereocenters. The van der Waals surface area contributed by atoms with Crippen LogP contribution in [0.1, 0.15) is 16.7 Å². The number of hydrogen-bond acceptors (Lipinski definition) is 7. The van der Waals surface area contributed by atoms with E-state index >= 15 is 0 Å². The molecule has 0 spiro atoms. The normalized spacial score (nSPS) is 12.1. The van der Waals surface area contributed by atoms with E-state index in [2.05, 4.69) is 10.1 Å². The van der Waals surface area contributed by atoms with Crippen molar-refractivity contribution in [3.63, 3.8) is 0 Å². The van der Waals surface area contributed by atoms with Gasteiger partial charge in [0.1, 0.15) is 23.3 Å². The second kappa shape index (κ2) is 11.3. The Morgan fingerprint density at radius 2 is 1.68 bits per heavy atom. The van der Waals surface area contributed by atoms with Crippen LogP contribution < -0.4 is 25.3 Å². The average Bonchev–Trinajstić information content (AvgIpc) is 2.77. The lowest BCUT2D eigenvalue weighted by Gasteiger charge is -2.15. The van der Waals surface area contributed by atoms with Gasteiger partial charge in [0.25, 0.3) is 0 Å². The number of carbonyl (C=O) groups is 1. The number of nitrogens with one attached hydrogen (secondary N) is 1. The largest absolute Gasteiger partial charge is 0.496 e. The summed E-state index contributed by atoms with van der Waals surface area (Å²) in [6.45, 7) is -3.96. The van der Waals surface area contributed by atoms with Gasteiger partial charge in [-0.2, -0.15) is 8.78 Å². The summed E-state index contributed by atoms with van der Waals surface area (Å²) in [5.41, 5.74) is 7.18. The third-order valence-electron chi connectivity index (χ3n) is 4.27. The molecule has 31 heavy (non-hydrogen) atoms. The van der Waals surface area contributed by atoms with E-state index in [-0.39, 0.29) is 18.0 Å². The summed E-state index contributed by atoms with van der Waals surface area (Å²) in [7, 11) is 2.93. The minimum absolute atomic E-state index is 0.0258. The highest BCUT2D eigenvalue weighted by molar-refractivity contribution is 5.96. The molecule has 0 heterocycles. The number of benzene rings is 2. The van der Waals surface area contributed by atoms with Crippen molar-refractivity contribution < 1.29 is 38.0 Å². The van der Waals surface area contributed by atoms with Crippen molar-refractivity contribution in [1.82, 2.24) is 0 Å². The molecule has 2 aromatic carbocycles. The molecule has 10 heteroatoms. The maximum atomic E-state index is 12.7. The van der Waals surface area contributed by atoms with Crippen molar-refractivity contribution in [3.05, 3.63) is 47.0 Å². The fraction of sp³-hybridized carbons (Fsp3) is 0.286. The molecular weight excluding hydrogens is 414 g/mol. The van der Waals surface area contributed by atoms with Crippen LogP contribution in [0.5, 0.6) is 17.2 Å². The number of amides is 1. The summed E-state index contributed by atoms with van der Waals surface area (Å²) in [6, 6.07) is 6.40. The van der Waals surface area contributed by atoms with Gasteiger partial charge in [0.2, 0.25) is 5.91 Å². The van der Waals surface area contributed by atoms with Crippen molar-refractivity contribution in [3.8, 4) is 17.2 Å². The summed E-state index contributed by atoms with van der Waals surface area (Å²) < 4.78 is 40.4. The highest BCUT2D eigenvalue weighted by Gasteiger charge is 2.17. The molecule has 0 fully saturated rings. The quantitative estimate of drug-likeness (QED) is 0.420. The van der Waals surface area contributed by atoms with Gasteiger partial charge in [0, 0.05) is 0 Å². The number of ether oxygens (including phenoxy) is 3. The number of carbonyl (C=O) groups excluding carboxylic acids is 1. The van der Waals surface area contributed by atoms with Crippen LogP contribution in [-0.4, -0.2) is 49.6 Å². The third-order valence-corrected chi connectivity index (χ3v) is 4.27. The number of hydrogen-bond donors (Lipinski definition) is 4. The maximum absolute atomic E-state index is 12.7. The smallest absolute Gasteiger partial charge is 0.387 e. The lowest BCUT2D eigenvalue weighted by molar-refractivity contribution is -0.118. The van der Waals surface area contributed by atoms with Crippen molar-refractivity contribution in [1.29, 1.82) is 0 Å². The third kappa shape index (κ3) is 6.38. The number of nitrogens with two attached hydrogens (primary N) is 1. The SMILES string of the molecule is COc1cc(/C=C\c2ccc(OC(F)F)c(NC(=O)C(N)CO)c2)cc(OC)c1CO. The van der Waals surface area contributed by atoms with Crippen LogP contribution >= 0.6 is 0 Å². The van der Waals surface area contributed by atoms with Gasteiger partial charge in [-0.15, -0.1) is 0 Å². The summed E-state index contributed by atoms with van der Waals surface area (Å²) in [6.07, 6.45) is 3.38. The van der Waals surface area contributed by atoms with Crippen LogP contribution in [0.3, 0.4) is 0 Å². The summed E-state index contributed by atoms with van der Waals surface area (Å²) in [5.74, 6) is -0.126. The van der Waals surface area contributed by atoms with Crippen molar-refractivity contribution in [2.45, 2.75) is 19.3 Å². The Kier molecular flexibility index (Phi) is 8.74. The van der Waals surface area contributed by atoms with Gasteiger partial charge in [-0.3, -0.25) is 4.79 Å². The van der Waals surface area contributed by atoms with E-state index in [1.165, 1.54) is 32.4 Å². The molecule has 1 unspecified atom stereocenters. The molecule has 0 saturated carbocycles. The van der Waals surface area contributed by atoms with Crippen molar-refractivity contribution in [2.24, 2.45) is 5.73 Å². The van der Waals surface area contributed by atoms with Gasteiger partial charge >= 0.3 is 6.61 Å². The van der Waals surface area contributed by atoms with Gasteiger partial charge < -0.3 is 35.5 Å². The van der Waals surface area contributed by atoms with Crippen LogP contribution in [0.15, 0.2) is 30.3 Å². The molecule has 2 rings (SSSR count). The standard InChI is InChI=1S/C21H24F2N2O6/c1-29-18-8-13(9-19(30-2)14(18)10-26)4-3-12-5-6-17(31-21(22)23)16(7-12)25-20(28)15(24)11-27/h3-9,15,21,26-27H,10-11,24H2,1-2H3,(H,25,28)/b4-3-. The highest BCUT2D eigenvalue weighted by Crippen LogP contribution is 2.32. The Morgan fingerprint density at radius 3 is 2.19 bits per heavy atom. The molecule has 2 aromatic rings. The molecule has 0 aliphatic heterocycles. The number of rotatable bonds is 10. The molecule has 8 nitrogen and oxygen atoms in total. The lowest BCUT2D eigenvalue weighted by atomic mass is 10.1. The number of halogens is 2. The zero-order valence-electron chi connectivity index (χ0n) is 17.0. The van der Waals surface area contributed by atoms with Crippen LogP contribution in [0.4, 0.5) is 14.5 Å². The van der Waals surface area contributed by atoms with Crippen LogP contribution in [0.2, 0.25) is 0 Å². The van der Waals surface area contributed by atoms with E-state index in [1.807, 2.05) is 0 Å². The van der Waals surface area contributed by atoms with E-state index in [0.717, 1.165) is 0 Å². The molecule has 0 aromatic heterocycles. The molecule has 0 saturated heterocycles. The summed E-state index contributed by atoms with van der Waals surface area (Å²) >= 11 is 0. The first-order valence-corrected chi connectivity index (χ1v) is 9.12. The van der Waals surface area contributed by atoms with Gasteiger partial charge in [-0.25, -0.2) is 0 Å². The molecule has 5 N–H and O–H groups in total. The van der Waals surface area contributed by atoms with E-state index in [4.69, 9.17) is 20.3 Å². The summed E-state index contributed by atoms with van der Waals surface area (Å²) in [4.78, 5) is 12.0. The van der Waals surface area contributed by atoms with Crippen LogP contribution in [0, 0.1) is 0 Å². The van der Waals surface area contributed by atoms with Crippen molar-refractivity contribution in [2.75, 3.05) is 26.1 Å². The number of methoxy groups -OCH3 is 2. The molecule has 0 bridgehead atoms. The predicted molar refractivity (Wildman–Crippen MR) is 111 cm³/mol. The second-order valence-corrected chi connectivity index (χ2v) is 6.31. The topological polar surface area (TPSA) is 123 Å². The number of anilines is 1. The Bertz CT molecular complexity index is 911. The summed E-state index contributed by atoms with van der Waals surface area (Å²) in [5, 5.41) is 20.9. The second-order valence-electron chi connectivity index (χ2n) is 6.31. The lowest BCUT2D eigenvalue weighted by Crippen LogP contribution is -2.38. The molecule has 0 aliphatic rings. The first-order chi connectivity index (χ1) is 14.8.